The fourth-order valence-electron chi connectivity index (χ4n) is 1.38. The molecule has 16 heavy (non-hydrogen) atoms. The monoisotopic (exact) mass is 221 g/mol. The van der Waals surface area contributed by atoms with Crippen LogP contribution in [0.4, 0.5) is 4.39 Å². The number of halogens is 1. The first-order valence-corrected chi connectivity index (χ1v) is 5.00. The van der Waals surface area contributed by atoms with Crippen LogP contribution in [0.5, 0.6) is 0 Å². The third kappa shape index (κ3) is 2.09. The summed E-state index contributed by atoms with van der Waals surface area (Å²) >= 11 is 0. The third-order valence-corrected chi connectivity index (χ3v) is 2.24. The molecule has 0 saturated heterocycles. The van der Waals surface area contributed by atoms with Gasteiger partial charge in [0.2, 0.25) is 11.7 Å². The van der Waals surface area contributed by atoms with E-state index in [0.717, 1.165) is 5.56 Å². The first kappa shape index (κ1) is 10.8. The fraction of sp³-hybridized carbons (Fsp3) is 0.273. The smallest absolute Gasteiger partial charge is 0.228 e. The molecular formula is C11H12FN3O. The molecule has 0 amide bonds. The first-order valence-electron chi connectivity index (χ1n) is 5.00. The summed E-state index contributed by atoms with van der Waals surface area (Å²) in [4.78, 5) is 4.16. The summed E-state index contributed by atoms with van der Waals surface area (Å²) in [5.41, 5.74) is 6.67. The molecule has 2 rings (SSSR count). The van der Waals surface area contributed by atoms with Crippen molar-refractivity contribution < 1.29 is 8.91 Å². The molecule has 1 aromatic heterocycles. The molecule has 0 atom stereocenters. The van der Waals surface area contributed by atoms with Gasteiger partial charge in [-0.05, 0) is 30.7 Å². The minimum atomic E-state index is -0.241. The molecule has 2 N–H and O–H groups in total. The van der Waals surface area contributed by atoms with Crippen molar-refractivity contribution in [2.75, 3.05) is 6.54 Å². The summed E-state index contributed by atoms with van der Waals surface area (Å²) in [6.07, 6.45) is 0.549. The highest BCUT2D eigenvalue weighted by molar-refractivity contribution is 5.55. The zero-order valence-corrected chi connectivity index (χ0v) is 8.90. The van der Waals surface area contributed by atoms with Gasteiger partial charge in [-0.25, -0.2) is 4.39 Å². The Labute approximate surface area is 92.3 Å². The molecule has 0 spiro atoms. The van der Waals surface area contributed by atoms with E-state index in [1.54, 1.807) is 19.1 Å². The molecular weight excluding hydrogens is 209 g/mol. The van der Waals surface area contributed by atoms with Crippen molar-refractivity contribution in [2.24, 2.45) is 5.73 Å². The molecule has 0 saturated carbocycles. The first-order chi connectivity index (χ1) is 7.70. The Hall–Kier alpha value is -1.75. The minimum Gasteiger partial charge on any atom is -0.339 e. The van der Waals surface area contributed by atoms with Crippen LogP contribution in [0.15, 0.2) is 22.7 Å². The summed E-state index contributed by atoms with van der Waals surface area (Å²) in [6.45, 7) is 2.16. The number of nitrogens with zero attached hydrogens (tertiary/aromatic N) is 2. The highest BCUT2D eigenvalue weighted by atomic mass is 19.1. The molecule has 0 unspecified atom stereocenters. The summed E-state index contributed by atoms with van der Waals surface area (Å²) < 4.78 is 18.1. The highest BCUT2D eigenvalue weighted by Crippen LogP contribution is 2.18. The zero-order valence-electron chi connectivity index (χ0n) is 8.90. The molecule has 5 heteroatoms. The maximum Gasteiger partial charge on any atom is 0.228 e. The van der Waals surface area contributed by atoms with Crippen LogP contribution < -0.4 is 5.73 Å². The van der Waals surface area contributed by atoms with E-state index >= 15 is 0 Å². The molecule has 0 fully saturated rings. The van der Waals surface area contributed by atoms with Gasteiger partial charge in [0.1, 0.15) is 5.82 Å². The fourth-order valence-corrected chi connectivity index (χ4v) is 1.38. The van der Waals surface area contributed by atoms with E-state index in [2.05, 4.69) is 10.1 Å². The lowest BCUT2D eigenvalue weighted by Gasteiger charge is -1.97. The van der Waals surface area contributed by atoms with Crippen molar-refractivity contribution >= 4 is 0 Å². The largest absolute Gasteiger partial charge is 0.339 e. The minimum absolute atomic E-state index is 0.241. The van der Waals surface area contributed by atoms with Gasteiger partial charge in [-0.1, -0.05) is 5.16 Å². The number of benzene rings is 1. The van der Waals surface area contributed by atoms with Crippen LogP contribution in [0.1, 0.15) is 11.5 Å². The van der Waals surface area contributed by atoms with Gasteiger partial charge in [0.25, 0.3) is 0 Å². The molecule has 0 radical (unpaired) electrons. The Kier molecular flexibility index (Phi) is 2.96. The Morgan fingerprint density at radius 1 is 1.44 bits per heavy atom. The number of aromatic nitrogens is 2. The van der Waals surface area contributed by atoms with Gasteiger partial charge in [-0.15, -0.1) is 0 Å². The van der Waals surface area contributed by atoms with E-state index in [1.807, 2.05) is 0 Å². The zero-order chi connectivity index (χ0) is 11.5. The van der Waals surface area contributed by atoms with E-state index in [9.17, 15) is 4.39 Å². The Morgan fingerprint density at radius 3 is 2.94 bits per heavy atom. The highest BCUT2D eigenvalue weighted by Gasteiger charge is 2.09. The van der Waals surface area contributed by atoms with Gasteiger partial charge in [0, 0.05) is 18.5 Å². The van der Waals surface area contributed by atoms with Gasteiger partial charge < -0.3 is 10.3 Å². The molecule has 4 nitrogen and oxygen atoms in total. The van der Waals surface area contributed by atoms with Crippen LogP contribution in [0.2, 0.25) is 0 Å². The molecule has 0 aliphatic carbocycles. The lowest BCUT2D eigenvalue weighted by atomic mass is 10.1. The Morgan fingerprint density at radius 2 is 2.25 bits per heavy atom. The summed E-state index contributed by atoms with van der Waals surface area (Å²) in [6, 6.07) is 4.70. The van der Waals surface area contributed by atoms with Gasteiger partial charge >= 0.3 is 0 Å². The summed E-state index contributed by atoms with van der Waals surface area (Å²) in [5.74, 6) is 0.723. The van der Waals surface area contributed by atoms with Crippen LogP contribution in [0.3, 0.4) is 0 Å². The third-order valence-electron chi connectivity index (χ3n) is 2.24. The predicted octanol–water partition coefficient (Wildman–Crippen LogP) is 1.69. The number of hydrogen-bond acceptors (Lipinski definition) is 4. The molecule has 1 aromatic carbocycles. The maximum atomic E-state index is 13.1. The van der Waals surface area contributed by atoms with Crippen molar-refractivity contribution in [3.8, 4) is 11.4 Å². The molecule has 1 heterocycles. The van der Waals surface area contributed by atoms with Crippen molar-refractivity contribution in [3.05, 3.63) is 35.5 Å². The second kappa shape index (κ2) is 4.40. The molecule has 0 aliphatic heterocycles. The number of rotatable bonds is 3. The van der Waals surface area contributed by atoms with Crippen molar-refractivity contribution in [3.63, 3.8) is 0 Å². The lowest BCUT2D eigenvalue weighted by molar-refractivity contribution is 0.380. The molecule has 84 valence electrons. The number of hydrogen-bond donors (Lipinski definition) is 1. The average Bonchev–Trinajstić information content (AvgIpc) is 2.71. The summed E-state index contributed by atoms with van der Waals surface area (Å²) in [7, 11) is 0. The van der Waals surface area contributed by atoms with Crippen LogP contribution >= 0.6 is 0 Å². The van der Waals surface area contributed by atoms with Crippen molar-refractivity contribution in [2.45, 2.75) is 13.3 Å². The van der Waals surface area contributed by atoms with E-state index in [1.165, 1.54) is 6.07 Å². The van der Waals surface area contributed by atoms with Crippen molar-refractivity contribution in [1.82, 2.24) is 10.1 Å². The molecule has 0 aliphatic rings. The second-order valence-corrected chi connectivity index (χ2v) is 3.51. The molecule has 0 bridgehead atoms. The van der Waals surface area contributed by atoms with Gasteiger partial charge in [0.15, 0.2) is 0 Å². The number of nitrogens with two attached hydrogens (primary N) is 1. The van der Waals surface area contributed by atoms with E-state index in [0.29, 0.717) is 30.2 Å². The second-order valence-electron chi connectivity index (χ2n) is 3.51. The predicted molar refractivity (Wildman–Crippen MR) is 57.2 cm³/mol. The van der Waals surface area contributed by atoms with Crippen LogP contribution in [-0.2, 0) is 6.42 Å². The Balaban J connectivity index is 2.31. The Bertz CT molecular complexity index is 496. The number of aryl methyl sites for hydroxylation is 1. The SMILES string of the molecule is Cc1cc(-c2noc(CCN)n2)ccc1F. The lowest BCUT2D eigenvalue weighted by Crippen LogP contribution is -2.02. The van der Waals surface area contributed by atoms with E-state index in [4.69, 9.17) is 10.3 Å². The average molecular weight is 221 g/mol. The van der Waals surface area contributed by atoms with Gasteiger partial charge in [0.05, 0.1) is 0 Å². The topological polar surface area (TPSA) is 64.9 Å². The van der Waals surface area contributed by atoms with E-state index < -0.39 is 0 Å². The molecule has 2 aromatic rings. The van der Waals surface area contributed by atoms with E-state index in [-0.39, 0.29) is 5.82 Å². The standard InChI is InChI=1S/C11H12FN3O/c1-7-6-8(2-3-9(7)12)11-14-10(4-5-13)16-15-11/h2-3,6H,4-5,13H2,1H3. The van der Waals surface area contributed by atoms with Crippen molar-refractivity contribution in [1.29, 1.82) is 0 Å². The van der Waals surface area contributed by atoms with Crippen LogP contribution in [0, 0.1) is 12.7 Å². The van der Waals surface area contributed by atoms with Crippen LogP contribution in [-0.4, -0.2) is 16.7 Å². The maximum absolute atomic E-state index is 13.1. The van der Waals surface area contributed by atoms with Gasteiger partial charge in [-0.2, -0.15) is 4.98 Å². The quantitative estimate of drug-likeness (QED) is 0.856. The van der Waals surface area contributed by atoms with Crippen LogP contribution in [0.25, 0.3) is 11.4 Å². The van der Waals surface area contributed by atoms with Gasteiger partial charge in [-0.3, -0.25) is 0 Å². The normalized spacial score (nSPS) is 10.7. The summed E-state index contributed by atoms with van der Waals surface area (Å²) in [5, 5.41) is 3.81.